The van der Waals surface area contributed by atoms with Gasteiger partial charge in [-0.2, -0.15) is 5.26 Å². The van der Waals surface area contributed by atoms with Gasteiger partial charge in [0, 0.05) is 18.2 Å². The van der Waals surface area contributed by atoms with Crippen molar-refractivity contribution in [3.8, 4) is 11.8 Å². The Morgan fingerprint density at radius 1 is 1.64 bits per heavy atom. The molecule has 1 saturated heterocycles. The van der Waals surface area contributed by atoms with Crippen LogP contribution in [-0.4, -0.2) is 68.0 Å². The first-order chi connectivity index (χ1) is 11.9. The molecule has 1 amide bonds. The Bertz CT molecular complexity index is 691. The summed E-state index contributed by atoms with van der Waals surface area (Å²) in [4.78, 5) is 14.4. The third kappa shape index (κ3) is 3.74. The first-order valence-electron chi connectivity index (χ1n) is 7.86. The number of carbonyl (C=O) groups excluding carboxylic acids is 1. The lowest BCUT2D eigenvalue weighted by atomic mass is 9.95. The lowest BCUT2D eigenvalue weighted by molar-refractivity contribution is -0.105. The fraction of sp³-hybridized carbons (Fsp3) is 0.529. The van der Waals surface area contributed by atoms with E-state index in [2.05, 4.69) is 5.32 Å². The van der Waals surface area contributed by atoms with Gasteiger partial charge in [-0.25, -0.2) is 4.39 Å². The topological polar surface area (TPSA) is 94.8 Å². The van der Waals surface area contributed by atoms with Crippen molar-refractivity contribution >= 4 is 5.91 Å². The molecule has 1 fully saturated rings. The third-order valence-corrected chi connectivity index (χ3v) is 4.66. The number of aliphatic hydroxyl groups is 1. The van der Waals surface area contributed by atoms with Crippen LogP contribution in [0.3, 0.4) is 0 Å². The van der Waals surface area contributed by atoms with Gasteiger partial charge in [0.1, 0.15) is 23.2 Å². The molecule has 1 aromatic rings. The molecule has 0 radical (unpaired) electrons. The minimum atomic E-state index is -0.824. The maximum atomic E-state index is 14.0. The second-order valence-electron chi connectivity index (χ2n) is 6.19. The maximum absolute atomic E-state index is 14.0. The van der Waals surface area contributed by atoms with E-state index in [4.69, 9.17) is 14.7 Å². The summed E-state index contributed by atoms with van der Waals surface area (Å²) in [6.45, 7) is 2.72. The fourth-order valence-electron chi connectivity index (χ4n) is 2.82. The molecule has 0 spiro atoms. The molecule has 136 valence electrons. The molecule has 0 bridgehead atoms. The highest BCUT2D eigenvalue weighted by Crippen LogP contribution is 2.24. The van der Waals surface area contributed by atoms with Crippen LogP contribution in [-0.2, 0) is 4.74 Å². The van der Waals surface area contributed by atoms with Gasteiger partial charge in [-0.3, -0.25) is 9.69 Å². The summed E-state index contributed by atoms with van der Waals surface area (Å²) in [5.41, 5.74) is -0.961. The molecule has 0 saturated carbocycles. The van der Waals surface area contributed by atoms with E-state index in [1.807, 2.05) is 18.9 Å². The summed E-state index contributed by atoms with van der Waals surface area (Å²) >= 11 is 0. The number of benzene rings is 1. The van der Waals surface area contributed by atoms with Crippen LogP contribution < -0.4 is 10.1 Å². The minimum absolute atomic E-state index is 0.00346. The second-order valence-corrected chi connectivity index (χ2v) is 6.19. The molecule has 1 aliphatic rings. The van der Waals surface area contributed by atoms with Gasteiger partial charge >= 0.3 is 0 Å². The fourth-order valence-corrected chi connectivity index (χ4v) is 2.82. The lowest BCUT2D eigenvalue weighted by Crippen LogP contribution is -2.65. The highest BCUT2D eigenvalue weighted by molar-refractivity contribution is 5.95. The number of halogens is 1. The molecular weight excluding hydrogens is 329 g/mol. The number of amides is 1. The Morgan fingerprint density at radius 3 is 2.96 bits per heavy atom. The van der Waals surface area contributed by atoms with Gasteiger partial charge in [0.25, 0.3) is 5.91 Å². The van der Waals surface area contributed by atoms with Crippen LogP contribution in [0.4, 0.5) is 4.39 Å². The number of hydrogen-bond acceptors (Lipinski definition) is 6. The summed E-state index contributed by atoms with van der Waals surface area (Å²) in [7, 11) is 3.16. The standard InChI is InChI=1S/C17H22FN3O4/c1-11-7-25-10-17(9-22,21(11)2)8-20-16(23)12-4-14(18)13(6-19)15(5-12)24-3/h4-5,11,22H,7-10H2,1-3H3,(H,20,23)/t11-,17+/m1/s1. The highest BCUT2D eigenvalue weighted by atomic mass is 19.1. The molecule has 7 nitrogen and oxygen atoms in total. The molecule has 2 rings (SSSR count). The van der Waals surface area contributed by atoms with Gasteiger partial charge in [0.15, 0.2) is 0 Å². The molecule has 2 atom stereocenters. The molecule has 0 unspecified atom stereocenters. The molecule has 1 aliphatic heterocycles. The number of ether oxygens (including phenoxy) is 2. The summed E-state index contributed by atoms with van der Waals surface area (Å²) in [5, 5.41) is 21.5. The first kappa shape index (κ1) is 19.1. The van der Waals surface area contributed by atoms with Crippen molar-refractivity contribution in [2.45, 2.75) is 18.5 Å². The number of carbonyl (C=O) groups is 1. The van der Waals surface area contributed by atoms with Crippen LogP contribution in [0.1, 0.15) is 22.8 Å². The van der Waals surface area contributed by atoms with Crippen molar-refractivity contribution in [2.24, 2.45) is 0 Å². The van der Waals surface area contributed by atoms with Gasteiger partial charge in [-0.1, -0.05) is 0 Å². The number of methoxy groups -OCH3 is 1. The zero-order valence-electron chi connectivity index (χ0n) is 14.5. The van der Waals surface area contributed by atoms with E-state index < -0.39 is 17.3 Å². The average molecular weight is 351 g/mol. The van der Waals surface area contributed by atoms with Crippen molar-refractivity contribution in [3.05, 3.63) is 29.1 Å². The predicted molar refractivity (Wildman–Crippen MR) is 87.9 cm³/mol. The number of nitriles is 1. The quantitative estimate of drug-likeness (QED) is 0.803. The SMILES string of the molecule is COc1cc(C(=O)NC[C@]2(CO)COC[C@@H](C)N2C)cc(F)c1C#N. The van der Waals surface area contributed by atoms with Gasteiger partial charge in [0.05, 0.1) is 32.5 Å². The second kappa shape index (κ2) is 7.78. The van der Waals surface area contributed by atoms with Crippen molar-refractivity contribution in [3.63, 3.8) is 0 Å². The Kier molecular flexibility index (Phi) is 5.95. The predicted octanol–water partition coefficient (Wildman–Crippen LogP) is 0.517. The summed E-state index contributed by atoms with van der Waals surface area (Å²) in [6.07, 6.45) is 0. The van der Waals surface area contributed by atoms with E-state index >= 15 is 0 Å². The van der Waals surface area contributed by atoms with Crippen molar-refractivity contribution in [2.75, 3.05) is 40.5 Å². The number of aliphatic hydroxyl groups excluding tert-OH is 1. The van der Waals surface area contributed by atoms with Crippen LogP contribution in [0, 0.1) is 17.1 Å². The third-order valence-electron chi connectivity index (χ3n) is 4.66. The number of rotatable bonds is 5. The molecule has 1 aromatic carbocycles. The van der Waals surface area contributed by atoms with Gasteiger partial charge < -0.3 is 19.9 Å². The van der Waals surface area contributed by atoms with E-state index in [9.17, 15) is 14.3 Å². The molecule has 0 aromatic heterocycles. The summed E-state index contributed by atoms with van der Waals surface area (Å²) in [5.74, 6) is -1.35. The Morgan fingerprint density at radius 2 is 2.36 bits per heavy atom. The van der Waals surface area contributed by atoms with Gasteiger partial charge in [-0.15, -0.1) is 0 Å². The van der Waals surface area contributed by atoms with Crippen LogP contribution >= 0.6 is 0 Å². The first-order valence-corrected chi connectivity index (χ1v) is 7.86. The Hall–Kier alpha value is -2.21. The van der Waals surface area contributed by atoms with E-state index in [0.717, 1.165) is 6.07 Å². The zero-order valence-corrected chi connectivity index (χ0v) is 14.5. The Balaban J connectivity index is 2.17. The number of morpholine rings is 1. The smallest absolute Gasteiger partial charge is 0.251 e. The maximum Gasteiger partial charge on any atom is 0.251 e. The average Bonchev–Trinajstić information content (AvgIpc) is 2.62. The van der Waals surface area contributed by atoms with E-state index in [1.54, 1.807) is 6.07 Å². The van der Waals surface area contributed by atoms with Crippen LogP contribution in [0.25, 0.3) is 0 Å². The summed E-state index contributed by atoms with van der Waals surface area (Å²) in [6, 6.07) is 4.09. The zero-order chi connectivity index (χ0) is 18.6. The van der Waals surface area contributed by atoms with E-state index in [-0.39, 0.29) is 42.7 Å². The summed E-state index contributed by atoms with van der Waals surface area (Å²) < 4.78 is 24.4. The lowest BCUT2D eigenvalue weighted by Gasteiger charge is -2.47. The van der Waals surface area contributed by atoms with Crippen molar-refractivity contribution < 1.29 is 23.8 Å². The molecule has 2 N–H and O–H groups in total. The van der Waals surface area contributed by atoms with Crippen LogP contribution in [0.5, 0.6) is 5.75 Å². The Labute approximate surface area is 145 Å². The number of hydrogen-bond donors (Lipinski definition) is 2. The van der Waals surface area contributed by atoms with Gasteiger partial charge in [-0.05, 0) is 26.1 Å². The van der Waals surface area contributed by atoms with Crippen LogP contribution in [0.15, 0.2) is 12.1 Å². The normalized spacial score (nSPS) is 23.8. The molecule has 8 heteroatoms. The van der Waals surface area contributed by atoms with Crippen molar-refractivity contribution in [1.82, 2.24) is 10.2 Å². The number of nitrogens with one attached hydrogen (secondary N) is 1. The highest BCUT2D eigenvalue weighted by Gasteiger charge is 2.40. The van der Waals surface area contributed by atoms with Crippen LogP contribution in [0.2, 0.25) is 0 Å². The van der Waals surface area contributed by atoms with E-state index in [0.29, 0.717) is 6.61 Å². The largest absolute Gasteiger partial charge is 0.495 e. The minimum Gasteiger partial charge on any atom is -0.495 e. The van der Waals surface area contributed by atoms with Gasteiger partial charge in [0.2, 0.25) is 0 Å². The molecule has 1 heterocycles. The molecular formula is C17H22FN3O4. The van der Waals surface area contributed by atoms with E-state index in [1.165, 1.54) is 13.2 Å². The van der Waals surface area contributed by atoms with Crippen molar-refractivity contribution in [1.29, 1.82) is 5.26 Å². The monoisotopic (exact) mass is 351 g/mol. The number of nitrogens with zero attached hydrogens (tertiary/aromatic N) is 2. The number of likely N-dealkylation sites (N-methyl/N-ethyl adjacent to an activating group) is 1. The molecule has 25 heavy (non-hydrogen) atoms. The molecule has 0 aliphatic carbocycles.